The number of piperidine rings is 1. The average molecular weight is 435 g/mol. The van der Waals surface area contributed by atoms with Crippen LogP contribution in [-0.4, -0.2) is 42.4 Å². The number of nitrogens with zero attached hydrogens (tertiary/aromatic N) is 1. The summed E-state index contributed by atoms with van der Waals surface area (Å²) in [7, 11) is 0. The SMILES string of the molecule is Cl.NCCC(=O)NCC1CCCCN1C(=O)C1CC1c1cccc(Cl)c1Cl. The Morgan fingerprint density at radius 1 is 1.26 bits per heavy atom. The molecule has 2 amide bonds. The monoisotopic (exact) mass is 433 g/mol. The van der Waals surface area contributed by atoms with Gasteiger partial charge in [0, 0.05) is 38.0 Å². The molecule has 3 rings (SSSR count). The van der Waals surface area contributed by atoms with E-state index in [1.807, 2.05) is 17.0 Å². The van der Waals surface area contributed by atoms with Crippen LogP contribution in [0.5, 0.6) is 0 Å². The summed E-state index contributed by atoms with van der Waals surface area (Å²) in [5.41, 5.74) is 6.37. The molecule has 0 radical (unpaired) electrons. The van der Waals surface area contributed by atoms with Gasteiger partial charge < -0.3 is 16.0 Å². The zero-order valence-corrected chi connectivity index (χ0v) is 17.5. The molecule has 1 saturated heterocycles. The standard InChI is InChI=1S/C19H25Cl2N3O2.ClH/c20-16-6-3-5-13(18(16)21)14-10-15(14)19(26)24-9-2-1-4-12(24)11-23-17(25)7-8-22;/h3,5-6,12,14-15H,1-2,4,7-11,22H2,(H,23,25);1H. The third kappa shape index (κ3) is 5.29. The van der Waals surface area contributed by atoms with Gasteiger partial charge in [-0.15, -0.1) is 12.4 Å². The fourth-order valence-corrected chi connectivity index (χ4v) is 4.23. The Morgan fingerprint density at radius 3 is 2.78 bits per heavy atom. The van der Waals surface area contributed by atoms with Crippen molar-refractivity contribution in [2.75, 3.05) is 19.6 Å². The first kappa shape index (κ1) is 22.3. The maximum atomic E-state index is 13.0. The molecule has 150 valence electrons. The van der Waals surface area contributed by atoms with Crippen LogP contribution in [0.1, 0.15) is 43.6 Å². The highest BCUT2D eigenvalue weighted by Crippen LogP contribution is 2.51. The molecule has 1 aliphatic heterocycles. The summed E-state index contributed by atoms with van der Waals surface area (Å²) in [5, 5.41) is 3.99. The van der Waals surface area contributed by atoms with Crippen LogP contribution in [0.25, 0.3) is 0 Å². The minimum atomic E-state index is -0.0551. The summed E-state index contributed by atoms with van der Waals surface area (Å²) in [6, 6.07) is 5.65. The van der Waals surface area contributed by atoms with E-state index < -0.39 is 0 Å². The van der Waals surface area contributed by atoms with Crippen LogP contribution in [0.2, 0.25) is 10.0 Å². The number of carbonyl (C=O) groups excluding carboxylic acids is 2. The largest absolute Gasteiger partial charge is 0.354 e. The number of rotatable bonds is 6. The first-order chi connectivity index (χ1) is 12.5. The van der Waals surface area contributed by atoms with Gasteiger partial charge >= 0.3 is 0 Å². The Balaban J connectivity index is 0.00000261. The molecule has 1 aromatic carbocycles. The maximum absolute atomic E-state index is 13.0. The van der Waals surface area contributed by atoms with Crippen molar-refractivity contribution in [2.24, 2.45) is 11.7 Å². The number of halogens is 3. The predicted octanol–water partition coefficient (Wildman–Crippen LogP) is 3.36. The molecule has 2 fully saturated rings. The molecule has 3 N–H and O–H groups in total. The number of benzene rings is 1. The number of carbonyl (C=O) groups is 2. The number of hydrogen-bond acceptors (Lipinski definition) is 3. The number of hydrogen-bond donors (Lipinski definition) is 2. The fourth-order valence-electron chi connectivity index (χ4n) is 3.79. The molecule has 3 atom stereocenters. The maximum Gasteiger partial charge on any atom is 0.226 e. The van der Waals surface area contributed by atoms with Crippen molar-refractivity contribution in [3.8, 4) is 0 Å². The molecule has 0 bridgehead atoms. The van der Waals surface area contributed by atoms with E-state index in [1.54, 1.807) is 6.07 Å². The van der Waals surface area contributed by atoms with Crippen LogP contribution in [0.15, 0.2) is 18.2 Å². The number of nitrogens with one attached hydrogen (secondary N) is 1. The highest BCUT2D eigenvalue weighted by molar-refractivity contribution is 6.42. The van der Waals surface area contributed by atoms with Crippen molar-refractivity contribution < 1.29 is 9.59 Å². The van der Waals surface area contributed by atoms with Crippen LogP contribution >= 0.6 is 35.6 Å². The second kappa shape index (κ2) is 9.97. The van der Waals surface area contributed by atoms with Crippen LogP contribution in [0.3, 0.4) is 0 Å². The molecular formula is C19H26Cl3N3O2. The van der Waals surface area contributed by atoms with E-state index >= 15 is 0 Å². The second-order valence-corrected chi connectivity index (χ2v) is 7.90. The summed E-state index contributed by atoms with van der Waals surface area (Å²) in [5.74, 6) is 0.221. The van der Waals surface area contributed by atoms with Gasteiger partial charge in [-0.25, -0.2) is 0 Å². The predicted molar refractivity (Wildman–Crippen MR) is 111 cm³/mol. The van der Waals surface area contributed by atoms with Crippen molar-refractivity contribution in [3.63, 3.8) is 0 Å². The number of nitrogens with two attached hydrogens (primary N) is 1. The van der Waals surface area contributed by atoms with Gasteiger partial charge in [0.05, 0.1) is 10.0 Å². The van der Waals surface area contributed by atoms with E-state index in [0.717, 1.165) is 37.8 Å². The van der Waals surface area contributed by atoms with Gasteiger partial charge in [-0.2, -0.15) is 0 Å². The van der Waals surface area contributed by atoms with Crippen molar-refractivity contribution in [1.29, 1.82) is 0 Å². The zero-order valence-electron chi connectivity index (χ0n) is 15.1. The average Bonchev–Trinajstić information content (AvgIpc) is 3.43. The lowest BCUT2D eigenvalue weighted by molar-refractivity contribution is -0.137. The molecule has 1 aromatic rings. The molecule has 1 heterocycles. The summed E-state index contributed by atoms with van der Waals surface area (Å²) in [6.45, 7) is 1.59. The van der Waals surface area contributed by atoms with Crippen LogP contribution in [0.4, 0.5) is 0 Å². The van der Waals surface area contributed by atoms with Crippen LogP contribution < -0.4 is 11.1 Å². The van der Waals surface area contributed by atoms with Crippen molar-refractivity contribution in [1.82, 2.24) is 10.2 Å². The molecule has 27 heavy (non-hydrogen) atoms. The third-order valence-electron chi connectivity index (χ3n) is 5.31. The van der Waals surface area contributed by atoms with Gasteiger partial charge in [0.2, 0.25) is 11.8 Å². The topological polar surface area (TPSA) is 75.4 Å². The van der Waals surface area contributed by atoms with Crippen molar-refractivity contribution in [2.45, 2.75) is 44.1 Å². The molecule has 3 unspecified atom stereocenters. The Bertz CT molecular complexity index is 686. The Hall–Kier alpha value is -1.01. The molecule has 2 aliphatic rings. The van der Waals surface area contributed by atoms with E-state index in [0.29, 0.717) is 29.6 Å². The van der Waals surface area contributed by atoms with Gasteiger partial charge in [-0.1, -0.05) is 35.3 Å². The van der Waals surface area contributed by atoms with E-state index in [9.17, 15) is 9.59 Å². The highest BCUT2D eigenvalue weighted by atomic mass is 35.5. The van der Waals surface area contributed by atoms with E-state index in [2.05, 4.69) is 5.32 Å². The summed E-state index contributed by atoms with van der Waals surface area (Å²) >= 11 is 12.4. The normalized spacial score (nSPS) is 24.1. The van der Waals surface area contributed by atoms with Gasteiger partial charge in [0.25, 0.3) is 0 Å². The van der Waals surface area contributed by atoms with Crippen LogP contribution in [0, 0.1) is 5.92 Å². The molecule has 1 aliphatic carbocycles. The summed E-state index contributed by atoms with van der Waals surface area (Å²) in [6.07, 6.45) is 4.13. The quantitative estimate of drug-likeness (QED) is 0.721. The molecule has 0 spiro atoms. The molecule has 0 aromatic heterocycles. The Kier molecular flexibility index (Phi) is 8.22. The van der Waals surface area contributed by atoms with Gasteiger partial charge in [-0.3, -0.25) is 9.59 Å². The third-order valence-corrected chi connectivity index (χ3v) is 6.14. The lowest BCUT2D eigenvalue weighted by Gasteiger charge is -2.36. The van der Waals surface area contributed by atoms with Gasteiger partial charge in [-0.05, 0) is 43.2 Å². The van der Waals surface area contributed by atoms with Crippen LogP contribution in [-0.2, 0) is 9.59 Å². The van der Waals surface area contributed by atoms with E-state index in [-0.39, 0.29) is 42.1 Å². The Morgan fingerprint density at radius 2 is 2.04 bits per heavy atom. The number of likely N-dealkylation sites (tertiary alicyclic amines) is 1. The van der Waals surface area contributed by atoms with Crippen molar-refractivity contribution >= 4 is 47.4 Å². The lowest BCUT2D eigenvalue weighted by atomic mass is 10.0. The molecule has 8 heteroatoms. The van der Waals surface area contributed by atoms with E-state index in [4.69, 9.17) is 28.9 Å². The summed E-state index contributed by atoms with van der Waals surface area (Å²) < 4.78 is 0. The number of amides is 2. The highest BCUT2D eigenvalue weighted by Gasteiger charge is 2.48. The fraction of sp³-hybridized carbons (Fsp3) is 0.579. The van der Waals surface area contributed by atoms with E-state index in [1.165, 1.54) is 0 Å². The lowest BCUT2D eigenvalue weighted by Crippen LogP contribution is -2.50. The zero-order chi connectivity index (χ0) is 18.7. The van der Waals surface area contributed by atoms with Gasteiger partial charge in [0.1, 0.15) is 0 Å². The first-order valence-electron chi connectivity index (χ1n) is 9.24. The minimum Gasteiger partial charge on any atom is -0.354 e. The minimum absolute atomic E-state index is 0. The smallest absolute Gasteiger partial charge is 0.226 e. The Labute approximate surface area is 176 Å². The van der Waals surface area contributed by atoms with Crippen molar-refractivity contribution in [3.05, 3.63) is 33.8 Å². The second-order valence-electron chi connectivity index (χ2n) is 7.12. The molecule has 5 nitrogen and oxygen atoms in total. The molecular weight excluding hydrogens is 409 g/mol. The molecule has 1 saturated carbocycles. The first-order valence-corrected chi connectivity index (χ1v) is 9.99. The van der Waals surface area contributed by atoms with Gasteiger partial charge in [0.15, 0.2) is 0 Å². The summed E-state index contributed by atoms with van der Waals surface area (Å²) in [4.78, 5) is 26.7.